The molecule has 0 spiro atoms. The summed E-state index contributed by atoms with van der Waals surface area (Å²) in [4.78, 5) is 39.9. The number of nitrogens with one attached hydrogen (secondary N) is 1. The van der Waals surface area contributed by atoms with Crippen molar-refractivity contribution in [2.75, 3.05) is 32.7 Å². The zero-order valence-corrected chi connectivity index (χ0v) is 14.4. The number of rotatable bonds is 5. The van der Waals surface area contributed by atoms with Crippen molar-refractivity contribution in [2.24, 2.45) is 0 Å². The van der Waals surface area contributed by atoms with Gasteiger partial charge in [0.25, 0.3) is 11.8 Å². The SMILES string of the molecule is O=C(NCCC(=O)N1CCN(C(=O)c2ccccc2)CC1)c1ccco1. The molecule has 1 aliphatic heterocycles. The molecule has 7 heteroatoms. The van der Waals surface area contributed by atoms with Gasteiger partial charge in [-0.2, -0.15) is 0 Å². The molecule has 1 aromatic carbocycles. The van der Waals surface area contributed by atoms with Crippen molar-refractivity contribution >= 4 is 17.7 Å². The first kappa shape index (κ1) is 17.7. The van der Waals surface area contributed by atoms with E-state index in [-0.39, 0.29) is 36.4 Å². The Morgan fingerprint density at radius 2 is 1.62 bits per heavy atom. The zero-order chi connectivity index (χ0) is 18.4. The van der Waals surface area contributed by atoms with Crippen molar-refractivity contribution < 1.29 is 18.8 Å². The monoisotopic (exact) mass is 355 g/mol. The van der Waals surface area contributed by atoms with Crippen LogP contribution in [0.25, 0.3) is 0 Å². The molecule has 26 heavy (non-hydrogen) atoms. The molecule has 2 heterocycles. The number of piperazine rings is 1. The average molecular weight is 355 g/mol. The Labute approximate surface area is 151 Å². The summed E-state index contributed by atoms with van der Waals surface area (Å²) in [5.41, 5.74) is 0.660. The van der Waals surface area contributed by atoms with Gasteiger partial charge in [0.2, 0.25) is 5.91 Å². The molecule has 0 aliphatic carbocycles. The van der Waals surface area contributed by atoms with Crippen molar-refractivity contribution in [2.45, 2.75) is 6.42 Å². The molecule has 3 rings (SSSR count). The van der Waals surface area contributed by atoms with E-state index in [4.69, 9.17) is 4.42 Å². The lowest BCUT2D eigenvalue weighted by atomic mass is 10.2. The Bertz CT molecular complexity index is 750. The highest BCUT2D eigenvalue weighted by Gasteiger charge is 2.24. The van der Waals surface area contributed by atoms with Gasteiger partial charge in [-0.15, -0.1) is 0 Å². The minimum Gasteiger partial charge on any atom is -0.459 e. The maximum absolute atomic E-state index is 12.4. The van der Waals surface area contributed by atoms with E-state index in [1.54, 1.807) is 34.1 Å². The van der Waals surface area contributed by atoms with Gasteiger partial charge in [-0.25, -0.2) is 0 Å². The van der Waals surface area contributed by atoms with E-state index >= 15 is 0 Å². The quantitative estimate of drug-likeness (QED) is 0.878. The molecule has 3 amide bonds. The van der Waals surface area contributed by atoms with Gasteiger partial charge in [0.05, 0.1) is 6.26 Å². The lowest BCUT2D eigenvalue weighted by molar-refractivity contribution is -0.132. The number of carbonyl (C=O) groups is 3. The Kier molecular flexibility index (Phi) is 5.68. The molecule has 1 saturated heterocycles. The Morgan fingerprint density at radius 1 is 0.923 bits per heavy atom. The van der Waals surface area contributed by atoms with Gasteiger partial charge in [-0.3, -0.25) is 14.4 Å². The van der Waals surface area contributed by atoms with Crippen molar-refractivity contribution in [3.8, 4) is 0 Å². The molecule has 0 saturated carbocycles. The van der Waals surface area contributed by atoms with Crippen molar-refractivity contribution in [3.63, 3.8) is 0 Å². The van der Waals surface area contributed by atoms with Crippen LogP contribution in [0.15, 0.2) is 53.1 Å². The molecule has 1 fully saturated rings. The highest BCUT2D eigenvalue weighted by atomic mass is 16.3. The molecule has 0 radical (unpaired) electrons. The predicted octanol–water partition coefficient (Wildman–Crippen LogP) is 1.38. The lowest BCUT2D eigenvalue weighted by Crippen LogP contribution is -2.51. The van der Waals surface area contributed by atoms with Gasteiger partial charge >= 0.3 is 0 Å². The first-order valence-electron chi connectivity index (χ1n) is 8.59. The molecule has 1 N–H and O–H groups in total. The molecule has 0 atom stereocenters. The third-order valence-corrected chi connectivity index (χ3v) is 4.31. The Morgan fingerprint density at radius 3 is 2.27 bits per heavy atom. The van der Waals surface area contributed by atoms with Crippen molar-refractivity contribution in [3.05, 3.63) is 60.1 Å². The van der Waals surface area contributed by atoms with Crippen LogP contribution in [0, 0.1) is 0 Å². The highest BCUT2D eigenvalue weighted by Crippen LogP contribution is 2.09. The van der Waals surface area contributed by atoms with E-state index in [0.717, 1.165) is 0 Å². The first-order valence-corrected chi connectivity index (χ1v) is 8.59. The normalized spacial score (nSPS) is 14.2. The molecular weight excluding hydrogens is 334 g/mol. The number of amides is 3. The molecule has 2 aromatic rings. The van der Waals surface area contributed by atoms with E-state index in [9.17, 15) is 14.4 Å². The summed E-state index contributed by atoms with van der Waals surface area (Å²) in [6, 6.07) is 12.3. The van der Waals surface area contributed by atoms with Crippen molar-refractivity contribution in [1.82, 2.24) is 15.1 Å². The fraction of sp³-hybridized carbons (Fsp3) is 0.316. The summed E-state index contributed by atoms with van der Waals surface area (Å²) >= 11 is 0. The molecule has 7 nitrogen and oxygen atoms in total. The fourth-order valence-electron chi connectivity index (χ4n) is 2.86. The largest absolute Gasteiger partial charge is 0.459 e. The smallest absolute Gasteiger partial charge is 0.286 e. The van der Waals surface area contributed by atoms with Crippen LogP contribution in [0.5, 0.6) is 0 Å². The Hall–Kier alpha value is -3.09. The van der Waals surface area contributed by atoms with Crippen LogP contribution < -0.4 is 5.32 Å². The van der Waals surface area contributed by atoms with Crippen LogP contribution in [0.2, 0.25) is 0 Å². The Balaban J connectivity index is 1.41. The summed E-state index contributed by atoms with van der Waals surface area (Å²) < 4.78 is 4.99. The highest BCUT2D eigenvalue weighted by molar-refractivity contribution is 5.94. The number of carbonyl (C=O) groups excluding carboxylic acids is 3. The van der Waals surface area contributed by atoms with Crippen LogP contribution in [-0.2, 0) is 4.79 Å². The standard InChI is InChI=1S/C19H21N3O4/c23-17(8-9-20-18(24)16-7-4-14-26-16)21-10-12-22(13-11-21)19(25)15-5-2-1-3-6-15/h1-7,14H,8-13H2,(H,20,24). The van der Waals surface area contributed by atoms with E-state index in [1.165, 1.54) is 6.26 Å². The summed E-state index contributed by atoms with van der Waals surface area (Å²) in [5.74, 6) is -0.147. The van der Waals surface area contributed by atoms with E-state index in [1.807, 2.05) is 18.2 Å². The average Bonchev–Trinajstić information content (AvgIpc) is 3.23. The van der Waals surface area contributed by atoms with Crippen LogP contribution in [-0.4, -0.2) is 60.2 Å². The third-order valence-electron chi connectivity index (χ3n) is 4.31. The number of hydrogen-bond donors (Lipinski definition) is 1. The van der Waals surface area contributed by atoms with Crippen LogP contribution >= 0.6 is 0 Å². The molecule has 0 unspecified atom stereocenters. The molecular formula is C19H21N3O4. The third kappa shape index (κ3) is 4.30. The van der Waals surface area contributed by atoms with Crippen LogP contribution in [0.4, 0.5) is 0 Å². The molecule has 1 aromatic heterocycles. The number of hydrogen-bond acceptors (Lipinski definition) is 4. The maximum Gasteiger partial charge on any atom is 0.286 e. The minimum absolute atomic E-state index is 0.0107. The van der Waals surface area contributed by atoms with Gasteiger partial charge in [-0.05, 0) is 24.3 Å². The van der Waals surface area contributed by atoms with E-state index in [2.05, 4.69) is 5.32 Å². The predicted molar refractivity (Wildman–Crippen MR) is 94.6 cm³/mol. The number of nitrogens with zero attached hydrogens (tertiary/aromatic N) is 2. The van der Waals surface area contributed by atoms with E-state index < -0.39 is 0 Å². The second-order valence-electron chi connectivity index (χ2n) is 6.02. The minimum atomic E-state index is -0.332. The molecule has 1 aliphatic rings. The van der Waals surface area contributed by atoms with Gasteiger partial charge in [-0.1, -0.05) is 18.2 Å². The van der Waals surface area contributed by atoms with Gasteiger partial charge in [0.15, 0.2) is 5.76 Å². The zero-order valence-electron chi connectivity index (χ0n) is 14.4. The maximum atomic E-state index is 12.4. The summed E-state index contributed by atoms with van der Waals surface area (Å²) in [7, 11) is 0. The van der Waals surface area contributed by atoms with Gasteiger partial charge in [0.1, 0.15) is 0 Å². The summed E-state index contributed by atoms with van der Waals surface area (Å²) in [6.07, 6.45) is 1.65. The lowest BCUT2D eigenvalue weighted by Gasteiger charge is -2.35. The molecule has 136 valence electrons. The topological polar surface area (TPSA) is 82.9 Å². The fourth-order valence-corrected chi connectivity index (χ4v) is 2.86. The summed E-state index contributed by atoms with van der Waals surface area (Å²) in [6.45, 7) is 2.28. The van der Waals surface area contributed by atoms with E-state index in [0.29, 0.717) is 31.7 Å². The summed E-state index contributed by atoms with van der Waals surface area (Å²) in [5, 5.41) is 2.66. The van der Waals surface area contributed by atoms with Crippen molar-refractivity contribution in [1.29, 1.82) is 0 Å². The number of benzene rings is 1. The van der Waals surface area contributed by atoms with Gasteiger partial charge in [0, 0.05) is 44.7 Å². The number of furan rings is 1. The van der Waals surface area contributed by atoms with Crippen LogP contribution in [0.3, 0.4) is 0 Å². The second-order valence-corrected chi connectivity index (χ2v) is 6.02. The van der Waals surface area contributed by atoms with Crippen LogP contribution in [0.1, 0.15) is 27.3 Å². The van der Waals surface area contributed by atoms with Gasteiger partial charge < -0.3 is 19.5 Å². The second kappa shape index (κ2) is 8.33. The first-order chi connectivity index (χ1) is 12.6. The molecule has 0 bridgehead atoms.